The van der Waals surface area contributed by atoms with E-state index in [1.807, 2.05) is 0 Å². The summed E-state index contributed by atoms with van der Waals surface area (Å²) in [6, 6.07) is 13.8. The zero-order valence-electron chi connectivity index (χ0n) is 12.6. The first-order valence-electron chi connectivity index (χ1n) is 7.53. The van der Waals surface area contributed by atoms with Crippen LogP contribution in [0.1, 0.15) is 47.9 Å². The molecule has 0 bridgehead atoms. The van der Waals surface area contributed by atoms with Crippen molar-refractivity contribution in [2.75, 3.05) is 0 Å². The summed E-state index contributed by atoms with van der Waals surface area (Å²) in [5.41, 5.74) is 8.22. The summed E-state index contributed by atoms with van der Waals surface area (Å²) in [6.45, 7) is 6.47. The van der Waals surface area contributed by atoms with E-state index < -0.39 is 0 Å². The highest BCUT2D eigenvalue weighted by Crippen LogP contribution is 2.40. The van der Waals surface area contributed by atoms with Crippen molar-refractivity contribution in [1.29, 1.82) is 0 Å². The Kier molecular flexibility index (Phi) is 3.48. The topological polar surface area (TPSA) is 0 Å². The second-order valence-corrected chi connectivity index (χ2v) is 5.92. The first kappa shape index (κ1) is 13.2. The predicted molar refractivity (Wildman–Crippen MR) is 88.0 cm³/mol. The fourth-order valence-corrected chi connectivity index (χ4v) is 2.94. The fourth-order valence-electron chi connectivity index (χ4n) is 2.94. The molecule has 0 spiro atoms. The van der Waals surface area contributed by atoms with E-state index in [1.165, 1.54) is 46.2 Å². The van der Waals surface area contributed by atoms with E-state index >= 15 is 0 Å². The van der Waals surface area contributed by atoms with Crippen LogP contribution in [0.15, 0.2) is 42.5 Å². The molecule has 0 nitrogen and oxygen atoms in total. The van der Waals surface area contributed by atoms with Gasteiger partial charge in [0.25, 0.3) is 0 Å². The molecule has 0 aliphatic heterocycles. The molecule has 2 aromatic carbocycles. The molecule has 102 valence electrons. The highest BCUT2D eigenvalue weighted by molar-refractivity contribution is 5.70. The molecule has 0 saturated heterocycles. The van der Waals surface area contributed by atoms with E-state index in [2.05, 4.69) is 69.3 Å². The quantitative estimate of drug-likeness (QED) is 0.648. The van der Waals surface area contributed by atoms with Gasteiger partial charge in [0.1, 0.15) is 0 Å². The fraction of sp³-hybridized carbons (Fsp3) is 0.300. The lowest BCUT2D eigenvalue weighted by atomic mass is 9.94. The van der Waals surface area contributed by atoms with Gasteiger partial charge in [0.05, 0.1) is 0 Å². The molecule has 1 aliphatic rings. The van der Waals surface area contributed by atoms with E-state index in [0.717, 1.165) is 5.92 Å². The van der Waals surface area contributed by atoms with Gasteiger partial charge < -0.3 is 0 Å². The van der Waals surface area contributed by atoms with E-state index in [4.69, 9.17) is 0 Å². The summed E-state index contributed by atoms with van der Waals surface area (Å²) in [6.07, 6.45) is 7.05. The minimum absolute atomic E-state index is 0.838. The summed E-state index contributed by atoms with van der Waals surface area (Å²) in [5, 5.41) is 0. The summed E-state index contributed by atoms with van der Waals surface area (Å²) < 4.78 is 0. The van der Waals surface area contributed by atoms with Gasteiger partial charge in [0, 0.05) is 0 Å². The van der Waals surface area contributed by atoms with Gasteiger partial charge in [0.2, 0.25) is 0 Å². The molecule has 1 saturated carbocycles. The van der Waals surface area contributed by atoms with Crippen LogP contribution < -0.4 is 0 Å². The van der Waals surface area contributed by atoms with Gasteiger partial charge in [-0.1, -0.05) is 48.6 Å². The first-order chi connectivity index (χ1) is 9.69. The molecule has 0 radical (unpaired) electrons. The number of aryl methyl sites for hydroxylation is 2. The minimum atomic E-state index is 0.838. The summed E-state index contributed by atoms with van der Waals surface area (Å²) in [5.74, 6) is 0.838. The van der Waals surface area contributed by atoms with Crippen LogP contribution in [0, 0.1) is 13.8 Å². The maximum absolute atomic E-state index is 2.30. The Morgan fingerprint density at radius 3 is 2.00 bits per heavy atom. The number of benzene rings is 2. The molecule has 0 N–H and O–H groups in total. The molecular formula is C20H22. The van der Waals surface area contributed by atoms with Crippen LogP contribution in [0.2, 0.25) is 0 Å². The van der Waals surface area contributed by atoms with Crippen LogP contribution in [0.5, 0.6) is 0 Å². The van der Waals surface area contributed by atoms with Gasteiger partial charge in [0.15, 0.2) is 0 Å². The van der Waals surface area contributed by atoms with Crippen molar-refractivity contribution < 1.29 is 0 Å². The lowest BCUT2D eigenvalue weighted by Crippen LogP contribution is -1.89. The van der Waals surface area contributed by atoms with Gasteiger partial charge in [-0.15, -0.1) is 0 Å². The largest absolute Gasteiger partial charge is 0.0870 e. The van der Waals surface area contributed by atoms with Crippen molar-refractivity contribution in [2.45, 2.75) is 39.5 Å². The van der Waals surface area contributed by atoms with Crippen LogP contribution >= 0.6 is 0 Å². The van der Waals surface area contributed by atoms with Crippen molar-refractivity contribution in [3.8, 4) is 11.1 Å². The second kappa shape index (κ2) is 5.28. The van der Waals surface area contributed by atoms with Crippen molar-refractivity contribution in [3.63, 3.8) is 0 Å². The smallest absolute Gasteiger partial charge is 0.0162 e. The lowest BCUT2D eigenvalue weighted by Gasteiger charge is -2.10. The maximum atomic E-state index is 2.30. The average Bonchev–Trinajstić information content (AvgIpc) is 3.27. The van der Waals surface area contributed by atoms with Crippen molar-refractivity contribution >= 4 is 6.08 Å². The van der Waals surface area contributed by atoms with Crippen molar-refractivity contribution in [2.24, 2.45) is 0 Å². The monoisotopic (exact) mass is 262 g/mol. The number of hydrogen-bond acceptors (Lipinski definition) is 0. The highest BCUT2D eigenvalue weighted by Gasteiger charge is 2.22. The third-order valence-electron chi connectivity index (χ3n) is 4.22. The first-order valence-corrected chi connectivity index (χ1v) is 7.53. The van der Waals surface area contributed by atoms with Gasteiger partial charge in [-0.25, -0.2) is 0 Å². The molecule has 0 heteroatoms. The number of hydrogen-bond donors (Lipinski definition) is 0. The van der Waals surface area contributed by atoms with E-state index in [9.17, 15) is 0 Å². The number of rotatable bonds is 3. The van der Waals surface area contributed by atoms with Gasteiger partial charge in [-0.05, 0) is 72.9 Å². The third-order valence-corrected chi connectivity index (χ3v) is 4.22. The molecule has 0 unspecified atom stereocenters. The Bertz CT molecular complexity index is 617. The Morgan fingerprint density at radius 2 is 1.50 bits per heavy atom. The molecule has 0 amide bonds. The summed E-state index contributed by atoms with van der Waals surface area (Å²) in [7, 11) is 0. The second-order valence-electron chi connectivity index (χ2n) is 5.92. The van der Waals surface area contributed by atoms with Crippen LogP contribution in [-0.2, 0) is 0 Å². The standard InChI is InChI=1S/C20H22/c1-4-5-20-14(2)12-19(13-15(20)3)18-10-8-17(9-11-18)16-6-7-16/h4-5,8-13,16H,6-7H2,1-3H3. The van der Waals surface area contributed by atoms with E-state index in [-0.39, 0.29) is 0 Å². The van der Waals surface area contributed by atoms with Crippen LogP contribution in [-0.4, -0.2) is 0 Å². The molecule has 2 aromatic rings. The highest BCUT2D eigenvalue weighted by atomic mass is 14.3. The predicted octanol–water partition coefficient (Wildman–Crippen LogP) is 5.88. The normalized spacial score (nSPS) is 14.9. The van der Waals surface area contributed by atoms with E-state index in [1.54, 1.807) is 0 Å². The molecular weight excluding hydrogens is 240 g/mol. The Balaban J connectivity index is 1.97. The van der Waals surface area contributed by atoms with E-state index in [0.29, 0.717) is 0 Å². The van der Waals surface area contributed by atoms with Gasteiger partial charge in [-0.2, -0.15) is 0 Å². The number of allylic oxidation sites excluding steroid dienone is 1. The van der Waals surface area contributed by atoms with Crippen molar-refractivity contribution in [1.82, 2.24) is 0 Å². The zero-order chi connectivity index (χ0) is 14.1. The molecule has 0 heterocycles. The molecule has 20 heavy (non-hydrogen) atoms. The third kappa shape index (κ3) is 2.56. The molecule has 1 fully saturated rings. The Morgan fingerprint density at radius 1 is 0.900 bits per heavy atom. The van der Waals surface area contributed by atoms with Crippen molar-refractivity contribution in [3.05, 3.63) is 64.7 Å². The lowest BCUT2D eigenvalue weighted by molar-refractivity contribution is 1.13. The van der Waals surface area contributed by atoms with Crippen LogP contribution in [0.25, 0.3) is 17.2 Å². The van der Waals surface area contributed by atoms with Gasteiger partial charge >= 0.3 is 0 Å². The summed E-state index contributed by atoms with van der Waals surface area (Å²) >= 11 is 0. The van der Waals surface area contributed by atoms with Gasteiger partial charge in [-0.3, -0.25) is 0 Å². The molecule has 1 aliphatic carbocycles. The average molecular weight is 262 g/mol. The minimum Gasteiger partial charge on any atom is -0.0870 e. The Labute approximate surface area is 122 Å². The molecule has 0 aromatic heterocycles. The van der Waals surface area contributed by atoms with Crippen LogP contribution in [0.3, 0.4) is 0 Å². The van der Waals surface area contributed by atoms with Crippen LogP contribution in [0.4, 0.5) is 0 Å². The molecule has 3 rings (SSSR count). The maximum Gasteiger partial charge on any atom is -0.0162 e. The zero-order valence-corrected chi connectivity index (χ0v) is 12.6. The summed E-state index contributed by atoms with van der Waals surface area (Å²) in [4.78, 5) is 0. The SMILES string of the molecule is CC=Cc1c(C)cc(-c2ccc(C3CC3)cc2)cc1C. The Hall–Kier alpha value is -1.82. The molecule has 0 atom stereocenters.